The molecule has 0 aromatic carbocycles. The number of rotatable bonds is 1. The van der Waals surface area contributed by atoms with Gasteiger partial charge in [0.1, 0.15) is 11.8 Å². The quantitative estimate of drug-likeness (QED) is 0.704. The van der Waals surface area contributed by atoms with Gasteiger partial charge in [0, 0.05) is 24.9 Å². The van der Waals surface area contributed by atoms with E-state index in [2.05, 4.69) is 23.6 Å². The summed E-state index contributed by atoms with van der Waals surface area (Å²) in [7, 11) is 0. The second kappa shape index (κ2) is 4.08. The Bertz CT molecular complexity index is 394. The molecule has 2 heterocycles. The van der Waals surface area contributed by atoms with Gasteiger partial charge in [0.15, 0.2) is 0 Å². The molecule has 80 valence electrons. The normalized spacial score (nSPS) is 17.7. The molecule has 1 aliphatic heterocycles. The van der Waals surface area contributed by atoms with Crippen molar-refractivity contribution in [3.63, 3.8) is 0 Å². The van der Waals surface area contributed by atoms with Gasteiger partial charge in [-0.2, -0.15) is 5.26 Å². The molecule has 0 N–H and O–H groups in total. The fraction of sp³-hybridized carbons (Fsp3) is 0.583. The van der Waals surface area contributed by atoms with Crippen molar-refractivity contribution in [1.82, 2.24) is 4.57 Å². The Hall–Kier alpha value is -1.27. The summed E-state index contributed by atoms with van der Waals surface area (Å²) in [5, 5.41) is 9.14. The zero-order valence-electron chi connectivity index (χ0n) is 9.29. The molecule has 1 aliphatic rings. The number of aromatic nitrogens is 1. The predicted molar refractivity (Wildman–Crippen MR) is 57.7 cm³/mol. The van der Waals surface area contributed by atoms with Gasteiger partial charge in [0.25, 0.3) is 0 Å². The lowest BCUT2D eigenvalue weighted by molar-refractivity contribution is 0.0690. The maximum absolute atomic E-state index is 9.14. The van der Waals surface area contributed by atoms with Gasteiger partial charge < -0.3 is 9.30 Å². The van der Waals surface area contributed by atoms with E-state index in [1.54, 1.807) is 0 Å². The van der Waals surface area contributed by atoms with E-state index in [1.165, 1.54) is 5.69 Å². The molecule has 1 aromatic rings. The summed E-state index contributed by atoms with van der Waals surface area (Å²) in [5.74, 6) is 0. The topological polar surface area (TPSA) is 38.0 Å². The Labute approximate surface area is 90.3 Å². The first-order chi connectivity index (χ1) is 7.24. The molecule has 0 radical (unpaired) electrons. The van der Waals surface area contributed by atoms with Gasteiger partial charge in [-0.15, -0.1) is 0 Å². The van der Waals surface area contributed by atoms with Crippen LogP contribution in [-0.4, -0.2) is 17.8 Å². The Morgan fingerprint density at radius 3 is 2.67 bits per heavy atom. The van der Waals surface area contributed by atoms with E-state index in [0.29, 0.717) is 6.04 Å². The number of nitrogens with zero attached hydrogens (tertiary/aromatic N) is 2. The summed E-state index contributed by atoms with van der Waals surface area (Å²) in [4.78, 5) is 0. The molecule has 3 heteroatoms. The van der Waals surface area contributed by atoms with Crippen LogP contribution in [0.1, 0.15) is 35.8 Å². The zero-order valence-corrected chi connectivity index (χ0v) is 9.29. The number of ether oxygens (including phenoxy) is 1. The van der Waals surface area contributed by atoms with Gasteiger partial charge in [-0.05, 0) is 38.3 Å². The molecule has 1 fully saturated rings. The van der Waals surface area contributed by atoms with Crippen LogP contribution in [0.4, 0.5) is 0 Å². The molecular weight excluding hydrogens is 188 g/mol. The average molecular weight is 204 g/mol. The van der Waals surface area contributed by atoms with Crippen LogP contribution in [0, 0.1) is 25.2 Å². The Balaban J connectivity index is 2.37. The molecule has 0 atom stereocenters. The van der Waals surface area contributed by atoms with E-state index in [4.69, 9.17) is 10.00 Å². The third-order valence-corrected chi connectivity index (χ3v) is 3.08. The monoisotopic (exact) mass is 204 g/mol. The van der Waals surface area contributed by atoms with Crippen LogP contribution in [0.2, 0.25) is 0 Å². The molecule has 0 bridgehead atoms. The largest absolute Gasteiger partial charge is 0.381 e. The van der Waals surface area contributed by atoms with E-state index < -0.39 is 0 Å². The highest BCUT2D eigenvalue weighted by atomic mass is 16.5. The van der Waals surface area contributed by atoms with Crippen molar-refractivity contribution >= 4 is 0 Å². The van der Waals surface area contributed by atoms with Crippen molar-refractivity contribution in [1.29, 1.82) is 5.26 Å². The fourth-order valence-corrected chi connectivity index (χ4v) is 2.37. The van der Waals surface area contributed by atoms with Crippen molar-refractivity contribution in [2.24, 2.45) is 0 Å². The van der Waals surface area contributed by atoms with Gasteiger partial charge in [0.05, 0.1) is 0 Å². The first kappa shape index (κ1) is 10.3. The van der Waals surface area contributed by atoms with E-state index in [1.807, 2.05) is 6.92 Å². The summed E-state index contributed by atoms with van der Waals surface area (Å²) >= 11 is 0. The molecule has 0 aliphatic carbocycles. The standard InChI is InChI=1S/C12H16N2O/c1-9-7-10(2)14(12(9)8-13)11-3-5-15-6-4-11/h7,11H,3-6H2,1-2H3. The van der Waals surface area contributed by atoms with Crippen LogP contribution in [0.25, 0.3) is 0 Å². The Morgan fingerprint density at radius 1 is 1.40 bits per heavy atom. The highest BCUT2D eigenvalue weighted by Gasteiger charge is 2.20. The third-order valence-electron chi connectivity index (χ3n) is 3.08. The first-order valence-corrected chi connectivity index (χ1v) is 5.40. The number of hydrogen-bond donors (Lipinski definition) is 0. The second-order valence-corrected chi connectivity index (χ2v) is 4.14. The molecule has 15 heavy (non-hydrogen) atoms. The number of nitriles is 1. The molecule has 0 unspecified atom stereocenters. The van der Waals surface area contributed by atoms with Crippen LogP contribution in [-0.2, 0) is 4.74 Å². The average Bonchev–Trinajstić information content (AvgIpc) is 2.54. The van der Waals surface area contributed by atoms with Gasteiger partial charge >= 0.3 is 0 Å². The van der Waals surface area contributed by atoms with E-state index in [0.717, 1.165) is 37.3 Å². The van der Waals surface area contributed by atoms with Crippen molar-refractivity contribution in [3.05, 3.63) is 23.0 Å². The minimum atomic E-state index is 0.446. The van der Waals surface area contributed by atoms with E-state index >= 15 is 0 Å². The van der Waals surface area contributed by atoms with Crippen LogP contribution in [0.15, 0.2) is 6.07 Å². The maximum atomic E-state index is 9.14. The highest BCUT2D eigenvalue weighted by Crippen LogP contribution is 2.27. The lowest BCUT2D eigenvalue weighted by atomic mass is 10.1. The van der Waals surface area contributed by atoms with Crippen molar-refractivity contribution in [2.45, 2.75) is 32.7 Å². The maximum Gasteiger partial charge on any atom is 0.123 e. The smallest absolute Gasteiger partial charge is 0.123 e. The summed E-state index contributed by atoms with van der Waals surface area (Å²) in [5.41, 5.74) is 3.09. The third kappa shape index (κ3) is 1.78. The minimum absolute atomic E-state index is 0.446. The van der Waals surface area contributed by atoms with Gasteiger partial charge in [-0.1, -0.05) is 0 Å². The molecule has 0 spiro atoms. The van der Waals surface area contributed by atoms with E-state index in [-0.39, 0.29) is 0 Å². The molecule has 1 aromatic heterocycles. The summed E-state index contributed by atoms with van der Waals surface area (Å²) in [6.07, 6.45) is 2.04. The number of hydrogen-bond acceptors (Lipinski definition) is 2. The van der Waals surface area contributed by atoms with Crippen LogP contribution < -0.4 is 0 Å². The van der Waals surface area contributed by atoms with Crippen molar-refractivity contribution < 1.29 is 4.74 Å². The summed E-state index contributed by atoms with van der Waals surface area (Å²) < 4.78 is 7.52. The van der Waals surface area contributed by atoms with Gasteiger partial charge in [-0.25, -0.2) is 0 Å². The zero-order chi connectivity index (χ0) is 10.8. The van der Waals surface area contributed by atoms with E-state index in [9.17, 15) is 0 Å². The molecule has 1 saturated heterocycles. The molecular formula is C12H16N2O. The van der Waals surface area contributed by atoms with Crippen LogP contribution in [0.3, 0.4) is 0 Å². The first-order valence-electron chi connectivity index (χ1n) is 5.40. The number of aryl methyl sites for hydroxylation is 2. The molecule has 2 rings (SSSR count). The Morgan fingerprint density at radius 2 is 2.07 bits per heavy atom. The summed E-state index contributed by atoms with van der Waals surface area (Å²) in [6, 6.07) is 4.84. The van der Waals surface area contributed by atoms with Gasteiger partial charge in [-0.3, -0.25) is 0 Å². The highest BCUT2D eigenvalue weighted by molar-refractivity contribution is 5.36. The summed E-state index contributed by atoms with van der Waals surface area (Å²) in [6.45, 7) is 5.70. The lowest BCUT2D eigenvalue weighted by Gasteiger charge is -2.25. The SMILES string of the molecule is Cc1cc(C)n(C2CCOCC2)c1C#N. The lowest BCUT2D eigenvalue weighted by Crippen LogP contribution is -2.21. The molecule has 3 nitrogen and oxygen atoms in total. The predicted octanol–water partition coefficient (Wildman–Crippen LogP) is 2.33. The van der Waals surface area contributed by atoms with Gasteiger partial charge in [0.2, 0.25) is 0 Å². The van der Waals surface area contributed by atoms with Crippen molar-refractivity contribution in [3.8, 4) is 6.07 Å². The van der Waals surface area contributed by atoms with Crippen molar-refractivity contribution in [2.75, 3.05) is 13.2 Å². The molecule has 0 amide bonds. The molecule has 0 saturated carbocycles. The Kier molecular flexibility index (Phi) is 2.79. The van der Waals surface area contributed by atoms with Crippen LogP contribution >= 0.6 is 0 Å². The van der Waals surface area contributed by atoms with Crippen LogP contribution in [0.5, 0.6) is 0 Å². The fourth-order valence-electron chi connectivity index (χ4n) is 2.37. The minimum Gasteiger partial charge on any atom is -0.381 e. The second-order valence-electron chi connectivity index (χ2n) is 4.14.